The Kier molecular flexibility index (Phi) is 4.37. The normalized spacial score (nSPS) is 16.9. The van der Waals surface area contributed by atoms with Crippen molar-refractivity contribution in [3.63, 3.8) is 0 Å². The molecule has 1 aromatic rings. The second kappa shape index (κ2) is 6.01. The van der Waals surface area contributed by atoms with E-state index in [9.17, 15) is 4.79 Å². The Bertz CT molecular complexity index is 379. The summed E-state index contributed by atoms with van der Waals surface area (Å²) >= 11 is 0. The van der Waals surface area contributed by atoms with Crippen molar-refractivity contribution in [1.29, 1.82) is 0 Å². The van der Waals surface area contributed by atoms with E-state index in [-0.39, 0.29) is 5.91 Å². The molecule has 2 rings (SSSR count). The van der Waals surface area contributed by atoms with Gasteiger partial charge in [0.2, 0.25) is 5.91 Å². The Labute approximate surface area is 109 Å². The van der Waals surface area contributed by atoms with Crippen LogP contribution in [-0.2, 0) is 4.79 Å². The first-order chi connectivity index (χ1) is 8.74. The van der Waals surface area contributed by atoms with Gasteiger partial charge < -0.3 is 10.6 Å². The lowest BCUT2D eigenvalue weighted by Crippen LogP contribution is -2.41. The lowest BCUT2D eigenvalue weighted by atomic mass is 9.67. The Morgan fingerprint density at radius 2 is 2.00 bits per heavy atom. The molecule has 0 saturated heterocycles. The third-order valence-corrected chi connectivity index (χ3v) is 4.01. The van der Waals surface area contributed by atoms with Gasteiger partial charge >= 0.3 is 0 Å². The molecule has 3 nitrogen and oxygen atoms in total. The van der Waals surface area contributed by atoms with Crippen molar-refractivity contribution in [1.82, 2.24) is 5.32 Å². The average Bonchev–Trinajstić information content (AvgIpc) is 2.34. The van der Waals surface area contributed by atoms with Crippen LogP contribution in [0, 0.1) is 5.41 Å². The second-order valence-electron chi connectivity index (χ2n) is 5.22. The van der Waals surface area contributed by atoms with Gasteiger partial charge in [0.1, 0.15) is 0 Å². The van der Waals surface area contributed by atoms with Crippen LogP contribution in [0.2, 0.25) is 0 Å². The number of rotatable bonds is 6. The third kappa shape index (κ3) is 3.33. The van der Waals surface area contributed by atoms with E-state index in [4.69, 9.17) is 0 Å². The standard InChI is InChI=1S/C15H22N2O/c1-2-15(9-6-10-15)12-16-11-14(18)17-13-7-4-3-5-8-13/h3-5,7-8,16H,2,6,9-12H2,1H3,(H,17,18). The summed E-state index contributed by atoms with van der Waals surface area (Å²) in [5, 5.41) is 6.17. The Hall–Kier alpha value is -1.35. The fourth-order valence-corrected chi connectivity index (χ4v) is 2.50. The van der Waals surface area contributed by atoms with Crippen molar-refractivity contribution in [3.8, 4) is 0 Å². The predicted molar refractivity (Wildman–Crippen MR) is 74.5 cm³/mol. The van der Waals surface area contributed by atoms with Crippen LogP contribution in [0.25, 0.3) is 0 Å². The van der Waals surface area contributed by atoms with Gasteiger partial charge in [0.05, 0.1) is 6.54 Å². The van der Waals surface area contributed by atoms with Gasteiger partial charge in [0.25, 0.3) is 0 Å². The van der Waals surface area contributed by atoms with Crippen LogP contribution in [0.15, 0.2) is 30.3 Å². The molecule has 98 valence electrons. The molecule has 0 spiro atoms. The molecule has 0 bridgehead atoms. The number of benzene rings is 1. The molecule has 1 fully saturated rings. The molecule has 1 aromatic carbocycles. The van der Waals surface area contributed by atoms with Gasteiger partial charge in [0.15, 0.2) is 0 Å². The molecule has 2 N–H and O–H groups in total. The molecule has 1 aliphatic carbocycles. The highest BCUT2D eigenvalue weighted by Gasteiger charge is 2.34. The van der Waals surface area contributed by atoms with Gasteiger partial charge in [-0.05, 0) is 36.8 Å². The first-order valence-corrected chi connectivity index (χ1v) is 6.80. The number of para-hydroxylation sites is 1. The van der Waals surface area contributed by atoms with Crippen molar-refractivity contribution in [2.45, 2.75) is 32.6 Å². The Balaban J connectivity index is 1.69. The highest BCUT2D eigenvalue weighted by Crippen LogP contribution is 2.42. The number of nitrogens with one attached hydrogen (secondary N) is 2. The number of carbonyl (C=O) groups is 1. The van der Waals surface area contributed by atoms with Crippen LogP contribution in [0.4, 0.5) is 5.69 Å². The van der Waals surface area contributed by atoms with Gasteiger partial charge in [-0.2, -0.15) is 0 Å². The summed E-state index contributed by atoms with van der Waals surface area (Å²) in [4.78, 5) is 11.7. The molecule has 0 aliphatic heterocycles. The van der Waals surface area contributed by atoms with Gasteiger partial charge in [-0.25, -0.2) is 0 Å². The minimum Gasteiger partial charge on any atom is -0.325 e. The summed E-state index contributed by atoms with van der Waals surface area (Å²) in [6.07, 6.45) is 5.15. The number of amides is 1. The first-order valence-electron chi connectivity index (χ1n) is 6.80. The molecule has 1 saturated carbocycles. The highest BCUT2D eigenvalue weighted by molar-refractivity contribution is 5.92. The monoisotopic (exact) mass is 246 g/mol. The van der Waals surface area contributed by atoms with E-state index in [0.717, 1.165) is 12.2 Å². The number of carbonyl (C=O) groups excluding carboxylic acids is 1. The third-order valence-electron chi connectivity index (χ3n) is 4.01. The van der Waals surface area contributed by atoms with Gasteiger partial charge in [-0.3, -0.25) is 4.79 Å². The lowest BCUT2D eigenvalue weighted by Gasteiger charge is -2.41. The molecular weight excluding hydrogens is 224 g/mol. The maximum absolute atomic E-state index is 11.7. The fourth-order valence-electron chi connectivity index (χ4n) is 2.50. The number of hydrogen-bond donors (Lipinski definition) is 2. The van der Waals surface area contributed by atoms with Crippen LogP contribution in [0.1, 0.15) is 32.6 Å². The van der Waals surface area contributed by atoms with E-state index >= 15 is 0 Å². The SMILES string of the molecule is CCC1(CNCC(=O)Nc2ccccc2)CCC1. The van der Waals surface area contributed by atoms with Crippen LogP contribution in [-0.4, -0.2) is 19.0 Å². The molecule has 0 radical (unpaired) electrons. The maximum atomic E-state index is 11.7. The molecule has 1 amide bonds. The highest BCUT2D eigenvalue weighted by atomic mass is 16.1. The quantitative estimate of drug-likeness (QED) is 0.810. The van der Waals surface area contributed by atoms with Crippen molar-refractivity contribution >= 4 is 11.6 Å². The van der Waals surface area contributed by atoms with Crippen molar-refractivity contribution < 1.29 is 4.79 Å². The summed E-state index contributed by atoms with van der Waals surface area (Å²) in [5.41, 5.74) is 1.32. The van der Waals surface area contributed by atoms with E-state index in [2.05, 4.69) is 17.6 Å². The molecule has 0 unspecified atom stereocenters. The molecule has 3 heteroatoms. The smallest absolute Gasteiger partial charge is 0.238 e. The zero-order valence-corrected chi connectivity index (χ0v) is 11.0. The lowest BCUT2D eigenvalue weighted by molar-refractivity contribution is -0.115. The fraction of sp³-hybridized carbons (Fsp3) is 0.533. The summed E-state index contributed by atoms with van der Waals surface area (Å²) < 4.78 is 0. The Morgan fingerprint density at radius 3 is 2.56 bits per heavy atom. The summed E-state index contributed by atoms with van der Waals surface area (Å²) in [6.45, 7) is 3.60. The van der Waals surface area contributed by atoms with Crippen molar-refractivity contribution in [3.05, 3.63) is 30.3 Å². The van der Waals surface area contributed by atoms with Crippen molar-refractivity contribution in [2.75, 3.05) is 18.4 Å². The molecule has 0 aromatic heterocycles. The zero-order valence-electron chi connectivity index (χ0n) is 11.0. The van der Waals surface area contributed by atoms with Crippen LogP contribution in [0.5, 0.6) is 0 Å². The van der Waals surface area contributed by atoms with E-state index in [1.165, 1.54) is 25.7 Å². The molecule has 1 aliphatic rings. The Morgan fingerprint density at radius 1 is 1.28 bits per heavy atom. The summed E-state index contributed by atoms with van der Waals surface area (Å²) in [5.74, 6) is 0.0341. The van der Waals surface area contributed by atoms with E-state index in [0.29, 0.717) is 12.0 Å². The maximum Gasteiger partial charge on any atom is 0.238 e. The predicted octanol–water partition coefficient (Wildman–Crippen LogP) is 2.80. The number of anilines is 1. The molecular formula is C15H22N2O. The van der Waals surface area contributed by atoms with Crippen LogP contribution in [0.3, 0.4) is 0 Å². The molecule has 18 heavy (non-hydrogen) atoms. The molecule has 0 heterocycles. The summed E-state index contributed by atoms with van der Waals surface area (Å²) in [7, 11) is 0. The topological polar surface area (TPSA) is 41.1 Å². The van der Waals surface area contributed by atoms with Crippen LogP contribution < -0.4 is 10.6 Å². The first kappa shape index (κ1) is 13.1. The summed E-state index contributed by atoms with van der Waals surface area (Å²) in [6, 6.07) is 9.58. The van der Waals surface area contributed by atoms with E-state index < -0.39 is 0 Å². The van der Waals surface area contributed by atoms with E-state index in [1.54, 1.807) is 0 Å². The van der Waals surface area contributed by atoms with Gasteiger partial charge in [-0.1, -0.05) is 31.5 Å². The average molecular weight is 246 g/mol. The van der Waals surface area contributed by atoms with Crippen molar-refractivity contribution in [2.24, 2.45) is 5.41 Å². The molecule has 0 atom stereocenters. The van der Waals surface area contributed by atoms with E-state index in [1.807, 2.05) is 30.3 Å². The second-order valence-corrected chi connectivity index (χ2v) is 5.22. The van der Waals surface area contributed by atoms with Gasteiger partial charge in [0, 0.05) is 12.2 Å². The minimum absolute atomic E-state index is 0.0341. The number of hydrogen-bond acceptors (Lipinski definition) is 2. The van der Waals surface area contributed by atoms with Crippen LogP contribution >= 0.6 is 0 Å². The largest absolute Gasteiger partial charge is 0.325 e. The zero-order chi connectivity index (χ0) is 12.8. The minimum atomic E-state index is 0.0341. The van der Waals surface area contributed by atoms with Gasteiger partial charge in [-0.15, -0.1) is 0 Å².